The average molecular weight is 318 g/mol. The molecule has 0 amide bonds. The van der Waals surface area contributed by atoms with Crippen molar-refractivity contribution in [2.24, 2.45) is 11.8 Å². The van der Waals surface area contributed by atoms with E-state index < -0.39 is 0 Å². The molecule has 4 aliphatic rings. The molecule has 2 heterocycles. The molecule has 2 aliphatic heterocycles. The SMILES string of the molecule is CC12CCC(C=CCOCC=CC3CCC4(C)OC4C3)CC1O2. The molecule has 0 aromatic carbocycles. The topological polar surface area (TPSA) is 34.3 Å². The lowest BCUT2D eigenvalue weighted by atomic mass is 9.83. The van der Waals surface area contributed by atoms with Crippen molar-refractivity contribution >= 4 is 0 Å². The molecule has 6 atom stereocenters. The number of fused-ring (bicyclic) bond motifs is 2. The first-order valence-corrected chi connectivity index (χ1v) is 9.34. The van der Waals surface area contributed by atoms with Crippen LogP contribution in [0.5, 0.6) is 0 Å². The summed E-state index contributed by atoms with van der Waals surface area (Å²) in [5.74, 6) is 1.37. The zero-order valence-corrected chi connectivity index (χ0v) is 14.5. The van der Waals surface area contributed by atoms with Gasteiger partial charge in [0.1, 0.15) is 0 Å². The van der Waals surface area contributed by atoms with Crippen LogP contribution in [0.4, 0.5) is 0 Å². The monoisotopic (exact) mass is 318 g/mol. The molecule has 3 nitrogen and oxygen atoms in total. The Kier molecular flexibility index (Phi) is 4.15. The molecule has 0 N–H and O–H groups in total. The summed E-state index contributed by atoms with van der Waals surface area (Å²) in [7, 11) is 0. The Morgan fingerprint density at radius 1 is 0.870 bits per heavy atom. The predicted octanol–water partition coefficient (Wildman–Crippen LogP) is 4.03. The van der Waals surface area contributed by atoms with Crippen LogP contribution in [0.1, 0.15) is 52.4 Å². The van der Waals surface area contributed by atoms with Crippen LogP contribution in [-0.4, -0.2) is 36.6 Å². The third-order valence-electron chi connectivity index (χ3n) is 6.37. The second-order valence-corrected chi connectivity index (χ2v) is 8.30. The van der Waals surface area contributed by atoms with Gasteiger partial charge in [0.15, 0.2) is 0 Å². The number of epoxide rings is 2. The molecular formula is C20H30O3. The van der Waals surface area contributed by atoms with Crippen LogP contribution < -0.4 is 0 Å². The van der Waals surface area contributed by atoms with Crippen molar-refractivity contribution in [3.05, 3.63) is 24.3 Å². The smallest absolute Gasteiger partial charge is 0.0920 e. The fourth-order valence-corrected chi connectivity index (χ4v) is 4.40. The van der Waals surface area contributed by atoms with Crippen molar-refractivity contribution in [3.8, 4) is 0 Å². The Labute approximate surface area is 140 Å². The van der Waals surface area contributed by atoms with Gasteiger partial charge < -0.3 is 14.2 Å². The van der Waals surface area contributed by atoms with Gasteiger partial charge in [-0.25, -0.2) is 0 Å². The molecule has 4 rings (SSSR count). The van der Waals surface area contributed by atoms with Gasteiger partial charge in [-0.2, -0.15) is 0 Å². The molecule has 0 aromatic heterocycles. The molecule has 0 aromatic rings. The van der Waals surface area contributed by atoms with E-state index in [1.54, 1.807) is 0 Å². The van der Waals surface area contributed by atoms with Crippen LogP contribution in [0, 0.1) is 11.8 Å². The summed E-state index contributed by atoms with van der Waals surface area (Å²) in [6.45, 7) is 5.93. The molecule has 2 saturated carbocycles. The first kappa shape index (κ1) is 15.9. The number of allylic oxidation sites excluding steroid dienone is 2. The third-order valence-corrected chi connectivity index (χ3v) is 6.37. The molecular weight excluding hydrogens is 288 g/mol. The van der Waals surface area contributed by atoms with E-state index in [4.69, 9.17) is 14.2 Å². The molecule has 23 heavy (non-hydrogen) atoms. The summed E-state index contributed by atoms with van der Waals surface area (Å²) in [6, 6.07) is 0. The highest BCUT2D eigenvalue weighted by molar-refractivity contribution is 5.08. The Morgan fingerprint density at radius 2 is 1.35 bits per heavy atom. The van der Waals surface area contributed by atoms with Crippen LogP contribution in [0.2, 0.25) is 0 Å². The lowest BCUT2D eigenvalue weighted by Gasteiger charge is -2.19. The van der Waals surface area contributed by atoms with Crippen molar-refractivity contribution in [1.82, 2.24) is 0 Å². The quantitative estimate of drug-likeness (QED) is 0.421. The minimum absolute atomic E-state index is 0.230. The van der Waals surface area contributed by atoms with Crippen molar-refractivity contribution in [3.63, 3.8) is 0 Å². The lowest BCUT2D eigenvalue weighted by Crippen LogP contribution is -2.20. The van der Waals surface area contributed by atoms with E-state index in [2.05, 4.69) is 38.2 Å². The highest BCUT2D eigenvalue weighted by Gasteiger charge is 2.55. The molecule has 3 heteroatoms. The standard InChI is InChI=1S/C20H30O3/c1-19-9-7-15(13-17(19)22-19)5-3-11-21-12-4-6-16-8-10-20(2)18(14-16)23-20/h3-6,15-18H,7-14H2,1-2H3. The van der Waals surface area contributed by atoms with Gasteiger partial charge in [0.05, 0.1) is 36.6 Å². The molecule has 0 bridgehead atoms. The zero-order chi connectivity index (χ0) is 15.9. The summed E-state index contributed by atoms with van der Waals surface area (Å²) in [5, 5.41) is 0. The molecule has 128 valence electrons. The summed E-state index contributed by atoms with van der Waals surface area (Å²) in [6.07, 6.45) is 17.4. The number of hydrogen-bond acceptors (Lipinski definition) is 3. The van der Waals surface area contributed by atoms with E-state index in [0.717, 1.165) is 13.2 Å². The molecule has 2 saturated heterocycles. The number of ether oxygens (including phenoxy) is 3. The van der Waals surface area contributed by atoms with Crippen LogP contribution in [0.25, 0.3) is 0 Å². The largest absolute Gasteiger partial charge is 0.373 e. The van der Waals surface area contributed by atoms with Crippen molar-refractivity contribution in [2.75, 3.05) is 13.2 Å². The lowest BCUT2D eigenvalue weighted by molar-refractivity contribution is 0.192. The van der Waals surface area contributed by atoms with Gasteiger partial charge in [-0.05, 0) is 64.2 Å². The van der Waals surface area contributed by atoms with Crippen LogP contribution >= 0.6 is 0 Å². The van der Waals surface area contributed by atoms with E-state index >= 15 is 0 Å². The summed E-state index contributed by atoms with van der Waals surface area (Å²) in [5.41, 5.74) is 0.460. The summed E-state index contributed by atoms with van der Waals surface area (Å²) < 4.78 is 17.2. The molecule has 2 aliphatic carbocycles. The minimum atomic E-state index is 0.230. The van der Waals surface area contributed by atoms with Gasteiger partial charge in [0, 0.05) is 0 Å². The summed E-state index contributed by atoms with van der Waals surface area (Å²) in [4.78, 5) is 0. The fraction of sp³-hybridized carbons (Fsp3) is 0.800. The molecule has 0 radical (unpaired) electrons. The Balaban J connectivity index is 1.08. The summed E-state index contributed by atoms with van der Waals surface area (Å²) >= 11 is 0. The Morgan fingerprint density at radius 3 is 1.78 bits per heavy atom. The second kappa shape index (κ2) is 6.02. The van der Waals surface area contributed by atoms with Gasteiger partial charge in [-0.1, -0.05) is 24.3 Å². The van der Waals surface area contributed by atoms with Crippen molar-refractivity contribution in [2.45, 2.75) is 75.8 Å². The highest BCUT2D eigenvalue weighted by atomic mass is 16.6. The maximum absolute atomic E-state index is 5.75. The highest BCUT2D eigenvalue weighted by Crippen LogP contribution is 2.50. The molecule has 4 fully saturated rings. The van der Waals surface area contributed by atoms with Crippen LogP contribution in [0.3, 0.4) is 0 Å². The Bertz CT molecular complexity index is 455. The maximum atomic E-state index is 5.75. The maximum Gasteiger partial charge on any atom is 0.0920 e. The predicted molar refractivity (Wildman–Crippen MR) is 90.3 cm³/mol. The fourth-order valence-electron chi connectivity index (χ4n) is 4.40. The van der Waals surface area contributed by atoms with E-state index in [9.17, 15) is 0 Å². The molecule has 0 spiro atoms. The van der Waals surface area contributed by atoms with Gasteiger partial charge in [-0.3, -0.25) is 0 Å². The normalized spacial score (nSPS) is 48.4. The van der Waals surface area contributed by atoms with Gasteiger partial charge >= 0.3 is 0 Å². The van der Waals surface area contributed by atoms with E-state index in [1.165, 1.54) is 38.5 Å². The van der Waals surface area contributed by atoms with Gasteiger partial charge in [-0.15, -0.1) is 0 Å². The van der Waals surface area contributed by atoms with Crippen molar-refractivity contribution in [1.29, 1.82) is 0 Å². The minimum Gasteiger partial charge on any atom is -0.373 e. The third kappa shape index (κ3) is 3.57. The average Bonchev–Trinajstić information content (AvgIpc) is 3.39. The zero-order valence-electron chi connectivity index (χ0n) is 14.5. The second-order valence-electron chi connectivity index (χ2n) is 8.30. The molecule has 6 unspecified atom stereocenters. The van der Waals surface area contributed by atoms with Crippen molar-refractivity contribution < 1.29 is 14.2 Å². The van der Waals surface area contributed by atoms with Crippen LogP contribution in [-0.2, 0) is 14.2 Å². The van der Waals surface area contributed by atoms with Gasteiger partial charge in [0.25, 0.3) is 0 Å². The van der Waals surface area contributed by atoms with E-state index in [1.807, 2.05) is 0 Å². The first-order valence-electron chi connectivity index (χ1n) is 9.34. The number of rotatable bonds is 6. The number of hydrogen-bond donors (Lipinski definition) is 0. The Hall–Kier alpha value is -0.640. The van der Waals surface area contributed by atoms with Crippen LogP contribution in [0.15, 0.2) is 24.3 Å². The van der Waals surface area contributed by atoms with Gasteiger partial charge in [0.2, 0.25) is 0 Å². The first-order chi connectivity index (χ1) is 11.1. The van der Waals surface area contributed by atoms with E-state index in [-0.39, 0.29) is 11.2 Å². The van der Waals surface area contributed by atoms with E-state index in [0.29, 0.717) is 24.0 Å².